The third-order valence-electron chi connectivity index (χ3n) is 2.21. The smallest absolute Gasteiger partial charge is 0.104 e. The Morgan fingerprint density at radius 2 is 1.89 bits per heavy atom. The molecule has 1 aromatic rings. The second-order valence-corrected chi connectivity index (χ2v) is 4.13. The maximum atomic E-state index is 8.58. The molecular weight excluding hydrogens is 228 g/mol. The van der Waals surface area contributed by atoms with E-state index in [1.165, 1.54) is 0 Å². The maximum absolute atomic E-state index is 8.58. The molecule has 0 heterocycles. The van der Waals surface area contributed by atoms with Gasteiger partial charge in [0.25, 0.3) is 0 Å². The van der Waals surface area contributed by atoms with Gasteiger partial charge in [-0.05, 0) is 31.5 Å². The van der Waals surface area contributed by atoms with E-state index < -0.39 is 0 Å². The van der Waals surface area contributed by atoms with Crippen molar-refractivity contribution in [1.82, 2.24) is 0 Å². The fourth-order valence-electron chi connectivity index (χ4n) is 1.36. The Hall–Kier alpha value is -1.34. The quantitative estimate of drug-likeness (QED) is 0.618. The van der Waals surface area contributed by atoms with E-state index in [1.807, 2.05) is 38.1 Å². The molecular formula is C15H20O3. The SMILES string of the molecule is CC(C)OCCOCc1ccc(C#CCO)cc1. The summed E-state index contributed by atoms with van der Waals surface area (Å²) >= 11 is 0. The fraction of sp³-hybridized carbons (Fsp3) is 0.467. The van der Waals surface area contributed by atoms with Crippen LogP contribution in [0.25, 0.3) is 0 Å². The number of hydrogen-bond donors (Lipinski definition) is 1. The van der Waals surface area contributed by atoms with Gasteiger partial charge in [-0.15, -0.1) is 0 Å². The van der Waals surface area contributed by atoms with Crippen LogP contribution < -0.4 is 0 Å². The highest BCUT2D eigenvalue weighted by Gasteiger charge is 1.95. The Labute approximate surface area is 109 Å². The third kappa shape index (κ3) is 6.41. The number of aliphatic hydroxyl groups excluding tert-OH is 1. The van der Waals surface area contributed by atoms with Crippen LogP contribution in [0.4, 0.5) is 0 Å². The van der Waals surface area contributed by atoms with Gasteiger partial charge in [-0.25, -0.2) is 0 Å². The first-order valence-electron chi connectivity index (χ1n) is 6.10. The summed E-state index contributed by atoms with van der Waals surface area (Å²) in [6, 6.07) is 7.80. The van der Waals surface area contributed by atoms with E-state index in [0.29, 0.717) is 19.8 Å². The van der Waals surface area contributed by atoms with Crippen molar-refractivity contribution >= 4 is 0 Å². The molecule has 98 valence electrons. The number of hydrogen-bond acceptors (Lipinski definition) is 3. The topological polar surface area (TPSA) is 38.7 Å². The molecule has 18 heavy (non-hydrogen) atoms. The number of benzene rings is 1. The van der Waals surface area contributed by atoms with Crippen molar-refractivity contribution in [2.75, 3.05) is 19.8 Å². The van der Waals surface area contributed by atoms with Gasteiger partial charge in [0.2, 0.25) is 0 Å². The first-order valence-corrected chi connectivity index (χ1v) is 6.10. The van der Waals surface area contributed by atoms with Gasteiger partial charge in [0.1, 0.15) is 6.61 Å². The Morgan fingerprint density at radius 3 is 2.50 bits per heavy atom. The normalized spacial score (nSPS) is 10.2. The molecule has 0 aromatic heterocycles. The van der Waals surface area contributed by atoms with Crippen LogP contribution in [0.5, 0.6) is 0 Å². The molecule has 0 spiro atoms. The zero-order chi connectivity index (χ0) is 13.2. The first kappa shape index (κ1) is 14.7. The van der Waals surface area contributed by atoms with E-state index in [2.05, 4.69) is 11.8 Å². The van der Waals surface area contributed by atoms with Crippen molar-refractivity contribution in [2.45, 2.75) is 26.6 Å². The highest BCUT2D eigenvalue weighted by atomic mass is 16.5. The molecule has 0 unspecified atom stereocenters. The minimum absolute atomic E-state index is 0.110. The molecule has 1 N–H and O–H groups in total. The Kier molecular flexibility index (Phi) is 7.12. The average Bonchev–Trinajstić information content (AvgIpc) is 2.37. The van der Waals surface area contributed by atoms with Crippen LogP contribution >= 0.6 is 0 Å². The van der Waals surface area contributed by atoms with Gasteiger partial charge in [0.15, 0.2) is 0 Å². The highest BCUT2D eigenvalue weighted by Crippen LogP contribution is 2.04. The van der Waals surface area contributed by atoms with E-state index in [1.54, 1.807) is 0 Å². The molecule has 0 aliphatic carbocycles. The average molecular weight is 248 g/mol. The summed E-state index contributed by atoms with van der Waals surface area (Å²) in [4.78, 5) is 0. The van der Waals surface area contributed by atoms with Gasteiger partial charge in [-0.3, -0.25) is 0 Å². The largest absolute Gasteiger partial charge is 0.384 e. The minimum Gasteiger partial charge on any atom is -0.384 e. The lowest BCUT2D eigenvalue weighted by Crippen LogP contribution is -2.09. The zero-order valence-corrected chi connectivity index (χ0v) is 11.0. The van der Waals surface area contributed by atoms with Crippen molar-refractivity contribution in [3.05, 3.63) is 35.4 Å². The van der Waals surface area contributed by atoms with Crippen molar-refractivity contribution < 1.29 is 14.6 Å². The van der Waals surface area contributed by atoms with Crippen molar-refractivity contribution in [3.63, 3.8) is 0 Å². The lowest BCUT2D eigenvalue weighted by molar-refractivity contribution is 0.0143. The Bertz CT molecular complexity index is 384. The molecule has 1 aromatic carbocycles. The molecule has 1 rings (SSSR count). The van der Waals surface area contributed by atoms with Crippen LogP contribution in [0.2, 0.25) is 0 Å². The van der Waals surface area contributed by atoms with Gasteiger partial charge in [-0.2, -0.15) is 0 Å². The van der Waals surface area contributed by atoms with Crippen LogP contribution in [0.15, 0.2) is 24.3 Å². The lowest BCUT2D eigenvalue weighted by Gasteiger charge is -2.08. The van der Waals surface area contributed by atoms with Gasteiger partial charge in [-0.1, -0.05) is 24.0 Å². The molecule has 0 bridgehead atoms. The molecule has 0 saturated carbocycles. The molecule has 3 heteroatoms. The van der Waals surface area contributed by atoms with Crippen LogP contribution in [0.3, 0.4) is 0 Å². The van der Waals surface area contributed by atoms with Crippen molar-refractivity contribution in [3.8, 4) is 11.8 Å². The predicted octanol–water partition coefficient (Wildman–Crippen LogP) is 1.97. The summed E-state index contributed by atoms with van der Waals surface area (Å²) in [6.45, 7) is 5.70. The van der Waals surface area contributed by atoms with Gasteiger partial charge in [0, 0.05) is 5.56 Å². The van der Waals surface area contributed by atoms with Crippen LogP contribution in [-0.4, -0.2) is 31.0 Å². The van der Waals surface area contributed by atoms with Crippen LogP contribution in [-0.2, 0) is 16.1 Å². The Balaban J connectivity index is 2.27. The van der Waals surface area contributed by atoms with E-state index in [-0.39, 0.29) is 12.7 Å². The van der Waals surface area contributed by atoms with Crippen LogP contribution in [0, 0.1) is 11.8 Å². The summed E-state index contributed by atoms with van der Waals surface area (Å²) < 4.78 is 10.9. The van der Waals surface area contributed by atoms with Crippen molar-refractivity contribution in [1.29, 1.82) is 0 Å². The van der Waals surface area contributed by atoms with Gasteiger partial charge in [0.05, 0.1) is 25.9 Å². The molecule has 0 aliphatic rings. The summed E-state index contributed by atoms with van der Waals surface area (Å²) in [5.41, 5.74) is 2.00. The van der Waals surface area contributed by atoms with Gasteiger partial charge < -0.3 is 14.6 Å². The van der Waals surface area contributed by atoms with E-state index in [9.17, 15) is 0 Å². The van der Waals surface area contributed by atoms with E-state index >= 15 is 0 Å². The predicted molar refractivity (Wildman–Crippen MR) is 71.1 cm³/mol. The monoisotopic (exact) mass is 248 g/mol. The summed E-state index contributed by atoms with van der Waals surface area (Å²) in [5.74, 6) is 5.46. The summed E-state index contributed by atoms with van der Waals surface area (Å²) in [6.07, 6.45) is 0.248. The second-order valence-electron chi connectivity index (χ2n) is 4.13. The van der Waals surface area contributed by atoms with E-state index in [4.69, 9.17) is 14.6 Å². The molecule has 0 aliphatic heterocycles. The fourth-order valence-corrected chi connectivity index (χ4v) is 1.36. The summed E-state index contributed by atoms with van der Waals surface area (Å²) in [7, 11) is 0. The molecule has 3 nitrogen and oxygen atoms in total. The summed E-state index contributed by atoms with van der Waals surface area (Å²) in [5, 5.41) is 8.58. The molecule has 0 atom stereocenters. The van der Waals surface area contributed by atoms with Crippen LogP contribution in [0.1, 0.15) is 25.0 Å². The van der Waals surface area contributed by atoms with Gasteiger partial charge >= 0.3 is 0 Å². The molecule has 0 saturated heterocycles. The third-order valence-corrected chi connectivity index (χ3v) is 2.21. The lowest BCUT2D eigenvalue weighted by atomic mass is 10.1. The molecule has 0 fully saturated rings. The maximum Gasteiger partial charge on any atom is 0.104 e. The zero-order valence-electron chi connectivity index (χ0n) is 11.0. The minimum atomic E-state index is -0.110. The van der Waals surface area contributed by atoms with Crippen molar-refractivity contribution in [2.24, 2.45) is 0 Å². The number of ether oxygens (including phenoxy) is 2. The highest BCUT2D eigenvalue weighted by molar-refractivity contribution is 5.35. The van der Waals surface area contributed by atoms with E-state index in [0.717, 1.165) is 11.1 Å². The first-order chi connectivity index (χ1) is 8.72. The standard InChI is InChI=1S/C15H20O3/c1-13(2)18-11-10-17-12-15-7-5-14(6-8-15)4-3-9-16/h5-8,13,16H,9-12H2,1-2H3. The molecule has 0 amide bonds. The Morgan fingerprint density at radius 1 is 1.17 bits per heavy atom. The second kappa shape index (κ2) is 8.71. The number of rotatable bonds is 6. The number of aliphatic hydroxyl groups is 1. The molecule has 0 radical (unpaired) electrons.